The second-order valence-electron chi connectivity index (χ2n) is 2.22. The fraction of sp³-hybridized carbons (Fsp3) is 0.571. The lowest BCUT2D eigenvalue weighted by molar-refractivity contribution is -0.124. The summed E-state index contributed by atoms with van der Waals surface area (Å²) in [7, 11) is 0. The average Bonchev–Trinajstić information content (AvgIpc) is 2.35. The van der Waals surface area contributed by atoms with Crippen molar-refractivity contribution in [1.82, 2.24) is 5.32 Å². The van der Waals surface area contributed by atoms with Crippen LogP contribution < -0.4 is 11.1 Å². The number of hydrogen-bond donors (Lipinski definition) is 2. The van der Waals surface area contributed by atoms with Gasteiger partial charge in [0.05, 0.1) is 6.61 Å². The molecule has 1 aliphatic rings. The highest BCUT2D eigenvalue weighted by Crippen LogP contribution is 1.95. The Balaban J connectivity index is 0.000000226. The van der Waals surface area contributed by atoms with Gasteiger partial charge in [-0.05, 0) is 6.92 Å². The highest BCUT2D eigenvalue weighted by molar-refractivity contribution is 6.01. The Morgan fingerprint density at radius 2 is 1.92 bits per heavy atom. The quantitative estimate of drug-likeness (QED) is 0.543. The molecule has 1 aliphatic heterocycles. The molecule has 0 bridgehead atoms. The first-order valence-electron chi connectivity index (χ1n) is 3.81. The molecule has 0 radical (unpaired) electrons. The molecule has 0 aromatic rings. The van der Waals surface area contributed by atoms with Gasteiger partial charge < -0.3 is 10.5 Å². The van der Waals surface area contributed by atoms with E-state index in [0.717, 1.165) is 0 Å². The number of imide groups is 1. The van der Waals surface area contributed by atoms with Crippen LogP contribution in [0, 0.1) is 0 Å². The van der Waals surface area contributed by atoms with Gasteiger partial charge in [0.1, 0.15) is 0 Å². The average molecular weight is 188 g/mol. The van der Waals surface area contributed by atoms with Gasteiger partial charge in [-0.2, -0.15) is 0 Å². The number of rotatable bonds is 1. The molecular formula is C7H12N2O4. The molecule has 6 nitrogen and oxygen atoms in total. The van der Waals surface area contributed by atoms with Crippen molar-refractivity contribution in [2.75, 3.05) is 6.61 Å². The monoisotopic (exact) mass is 188 g/mol. The second-order valence-corrected chi connectivity index (χ2v) is 2.22. The molecule has 6 heteroatoms. The number of hydrogen-bond acceptors (Lipinski definition) is 4. The Bertz CT molecular complexity index is 201. The van der Waals surface area contributed by atoms with Gasteiger partial charge in [0.25, 0.3) is 0 Å². The lowest BCUT2D eigenvalue weighted by atomic mass is 10.4. The van der Waals surface area contributed by atoms with Crippen LogP contribution in [0.3, 0.4) is 0 Å². The topological polar surface area (TPSA) is 98.5 Å². The molecule has 13 heavy (non-hydrogen) atoms. The van der Waals surface area contributed by atoms with Crippen molar-refractivity contribution in [3.05, 3.63) is 0 Å². The molecule has 1 heterocycles. The molecule has 0 aromatic heterocycles. The van der Waals surface area contributed by atoms with Gasteiger partial charge in [-0.1, -0.05) is 0 Å². The number of nitrogens with one attached hydrogen (secondary N) is 1. The van der Waals surface area contributed by atoms with Crippen LogP contribution in [0.15, 0.2) is 0 Å². The van der Waals surface area contributed by atoms with Gasteiger partial charge >= 0.3 is 6.09 Å². The molecule has 1 rings (SSSR count). The van der Waals surface area contributed by atoms with E-state index in [0.29, 0.717) is 19.4 Å². The summed E-state index contributed by atoms with van der Waals surface area (Å²) in [6.45, 7) is 2.06. The van der Waals surface area contributed by atoms with Crippen molar-refractivity contribution in [1.29, 1.82) is 0 Å². The van der Waals surface area contributed by atoms with Gasteiger partial charge in [0, 0.05) is 12.8 Å². The fourth-order valence-corrected chi connectivity index (χ4v) is 0.650. The molecule has 1 saturated heterocycles. The molecule has 0 saturated carbocycles. The number of primary amides is 1. The highest BCUT2D eigenvalue weighted by Gasteiger charge is 2.15. The molecule has 0 spiro atoms. The Kier molecular flexibility index (Phi) is 5.25. The zero-order chi connectivity index (χ0) is 10.3. The van der Waals surface area contributed by atoms with Crippen LogP contribution in [0.1, 0.15) is 19.8 Å². The van der Waals surface area contributed by atoms with E-state index in [4.69, 9.17) is 0 Å². The molecule has 74 valence electrons. The summed E-state index contributed by atoms with van der Waals surface area (Å²) >= 11 is 0. The highest BCUT2D eigenvalue weighted by atomic mass is 16.5. The van der Waals surface area contributed by atoms with E-state index in [-0.39, 0.29) is 11.8 Å². The summed E-state index contributed by atoms with van der Waals surface area (Å²) < 4.78 is 4.18. The van der Waals surface area contributed by atoms with Gasteiger partial charge in [0.2, 0.25) is 11.8 Å². The number of amides is 3. The zero-order valence-corrected chi connectivity index (χ0v) is 7.33. The van der Waals surface area contributed by atoms with Crippen molar-refractivity contribution >= 4 is 17.9 Å². The van der Waals surface area contributed by atoms with E-state index in [9.17, 15) is 14.4 Å². The summed E-state index contributed by atoms with van der Waals surface area (Å²) in [6.07, 6.45) is 0.0370. The summed E-state index contributed by atoms with van der Waals surface area (Å²) in [5.41, 5.74) is 4.54. The summed E-state index contributed by atoms with van der Waals surface area (Å²) in [4.78, 5) is 29.8. The van der Waals surface area contributed by atoms with E-state index >= 15 is 0 Å². The largest absolute Gasteiger partial charge is 0.450 e. The predicted octanol–water partition coefficient (Wildman–Crippen LogP) is -0.475. The minimum atomic E-state index is -0.711. The number of carbonyl (C=O) groups is 3. The Labute approximate surface area is 75.4 Å². The van der Waals surface area contributed by atoms with Crippen molar-refractivity contribution in [3.63, 3.8) is 0 Å². The van der Waals surface area contributed by atoms with Crippen molar-refractivity contribution < 1.29 is 19.1 Å². The van der Waals surface area contributed by atoms with Crippen LogP contribution in [0.25, 0.3) is 0 Å². The summed E-state index contributed by atoms with van der Waals surface area (Å²) in [5.74, 6) is -0.296. The van der Waals surface area contributed by atoms with Gasteiger partial charge in [-0.3, -0.25) is 14.9 Å². The van der Waals surface area contributed by atoms with Crippen molar-refractivity contribution in [2.45, 2.75) is 19.8 Å². The first kappa shape index (κ1) is 11.4. The minimum Gasteiger partial charge on any atom is -0.450 e. The molecule has 3 amide bonds. The van der Waals surface area contributed by atoms with E-state index in [2.05, 4.69) is 15.8 Å². The molecule has 0 unspecified atom stereocenters. The minimum absolute atomic E-state index is 0.148. The first-order valence-corrected chi connectivity index (χ1v) is 3.81. The van der Waals surface area contributed by atoms with Crippen molar-refractivity contribution in [2.24, 2.45) is 5.73 Å². The summed E-state index contributed by atoms with van der Waals surface area (Å²) in [6, 6.07) is 0. The van der Waals surface area contributed by atoms with E-state index < -0.39 is 6.09 Å². The molecule has 3 N–H and O–H groups in total. The molecule has 0 aliphatic carbocycles. The van der Waals surface area contributed by atoms with Crippen molar-refractivity contribution in [3.8, 4) is 0 Å². The maximum Gasteiger partial charge on any atom is 0.404 e. The first-order chi connectivity index (χ1) is 6.06. The molecule has 0 aromatic carbocycles. The van der Waals surface area contributed by atoms with Crippen LogP contribution >= 0.6 is 0 Å². The lowest BCUT2D eigenvalue weighted by Gasteiger charge is -1.89. The maximum absolute atomic E-state index is 10.1. The van der Waals surface area contributed by atoms with E-state index in [1.807, 2.05) is 0 Å². The Morgan fingerprint density at radius 3 is 2.00 bits per heavy atom. The van der Waals surface area contributed by atoms with Crippen LogP contribution in [0.2, 0.25) is 0 Å². The Morgan fingerprint density at radius 1 is 1.46 bits per heavy atom. The van der Waals surface area contributed by atoms with Crippen LogP contribution in [-0.4, -0.2) is 24.5 Å². The number of ether oxygens (including phenoxy) is 1. The fourth-order valence-electron chi connectivity index (χ4n) is 0.650. The second kappa shape index (κ2) is 5.99. The molecule has 0 atom stereocenters. The Hall–Kier alpha value is -1.59. The van der Waals surface area contributed by atoms with E-state index in [1.165, 1.54) is 0 Å². The van der Waals surface area contributed by atoms with Crippen LogP contribution in [0.5, 0.6) is 0 Å². The lowest BCUT2D eigenvalue weighted by Crippen LogP contribution is -2.18. The van der Waals surface area contributed by atoms with Crippen LogP contribution in [0.4, 0.5) is 4.79 Å². The third-order valence-corrected chi connectivity index (χ3v) is 1.14. The third kappa shape index (κ3) is 6.79. The number of carbonyl (C=O) groups excluding carboxylic acids is 3. The summed E-state index contributed by atoms with van der Waals surface area (Å²) in [5, 5.41) is 2.14. The smallest absolute Gasteiger partial charge is 0.404 e. The van der Waals surface area contributed by atoms with Crippen LogP contribution in [-0.2, 0) is 14.3 Å². The zero-order valence-electron chi connectivity index (χ0n) is 7.33. The van der Waals surface area contributed by atoms with E-state index in [1.54, 1.807) is 6.92 Å². The molecule has 1 fully saturated rings. The molecular weight excluding hydrogens is 176 g/mol. The maximum atomic E-state index is 10.1. The normalized spacial score (nSPS) is 14.2. The third-order valence-electron chi connectivity index (χ3n) is 1.14. The standard InChI is InChI=1S/C4H5NO2.C3H7NO2/c6-3-1-2-4(7)5-3;1-2-6-3(4)5/h1-2H2,(H,5,6,7);2H2,1H3,(H2,4,5). The van der Waals surface area contributed by atoms with Gasteiger partial charge in [0.15, 0.2) is 0 Å². The SMILES string of the molecule is CCOC(N)=O.O=C1CCC(=O)N1. The van der Waals surface area contributed by atoms with Gasteiger partial charge in [-0.15, -0.1) is 0 Å². The predicted molar refractivity (Wildman–Crippen MR) is 43.6 cm³/mol. The van der Waals surface area contributed by atoms with Gasteiger partial charge in [-0.25, -0.2) is 4.79 Å². The number of nitrogens with two attached hydrogens (primary N) is 1.